The maximum Gasteiger partial charge on any atom is 0.309 e. The SMILES string of the molecule is CCc1ccc(CNC(=O)C(=O)NC[C@@H](C)c2ccccc2)cc1. The van der Waals surface area contributed by atoms with Crippen molar-refractivity contribution in [3.05, 3.63) is 71.3 Å². The molecule has 2 rings (SSSR count). The van der Waals surface area contributed by atoms with E-state index in [0.29, 0.717) is 13.1 Å². The van der Waals surface area contributed by atoms with Crippen LogP contribution < -0.4 is 10.6 Å². The summed E-state index contributed by atoms with van der Waals surface area (Å²) in [6, 6.07) is 17.9. The minimum absolute atomic E-state index is 0.157. The lowest BCUT2D eigenvalue weighted by Gasteiger charge is -2.13. The van der Waals surface area contributed by atoms with Gasteiger partial charge in [-0.25, -0.2) is 0 Å². The summed E-state index contributed by atoms with van der Waals surface area (Å²) in [6.45, 7) is 4.90. The molecule has 0 spiro atoms. The van der Waals surface area contributed by atoms with Crippen molar-refractivity contribution in [3.8, 4) is 0 Å². The summed E-state index contributed by atoms with van der Waals surface area (Å²) in [5.41, 5.74) is 3.36. The van der Waals surface area contributed by atoms with Crippen molar-refractivity contribution in [1.82, 2.24) is 10.6 Å². The van der Waals surface area contributed by atoms with E-state index in [-0.39, 0.29) is 5.92 Å². The van der Waals surface area contributed by atoms with Crippen molar-refractivity contribution in [2.24, 2.45) is 0 Å². The topological polar surface area (TPSA) is 58.2 Å². The third-order valence-electron chi connectivity index (χ3n) is 4.03. The van der Waals surface area contributed by atoms with Crippen LogP contribution in [0.15, 0.2) is 54.6 Å². The summed E-state index contributed by atoms with van der Waals surface area (Å²) >= 11 is 0. The van der Waals surface area contributed by atoms with E-state index >= 15 is 0 Å². The van der Waals surface area contributed by atoms with Crippen molar-refractivity contribution in [3.63, 3.8) is 0 Å². The normalized spacial score (nSPS) is 11.6. The molecule has 0 saturated carbocycles. The van der Waals surface area contributed by atoms with E-state index in [1.807, 2.05) is 61.5 Å². The van der Waals surface area contributed by atoms with Gasteiger partial charge < -0.3 is 10.6 Å². The smallest absolute Gasteiger partial charge is 0.309 e. The molecule has 2 aromatic rings. The van der Waals surface area contributed by atoms with Gasteiger partial charge in [-0.3, -0.25) is 9.59 Å². The van der Waals surface area contributed by atoms with Crippen LogP contribution in [0.3, 0.4) is 0 Å². The largest absolute Gasteiger partial charge is 0.347 e. The van der Waals surface area contributed by atoms with E-state index in [1.54, 1.807) is 0 Å². The highest BCUT2D eigenvalue weighted by molar-refractivity contribution is 6.35. The lowest BCUT2D eigenvalue weighted by Crippen LogP contribution is -2.40. The summed E-state index contributed by atoms with van der Waals surface area (Å²) < 4.78 is 0. The number of carbonyl (C=O) groups is 2. The zero-order chi connectivity index (χ0) is 17.4. The quantitative estimate of drug-likeness (QED) is 0.803. The molecule has 2 N–H and O–H groups in total. The molecule has 0 radical (unpaired) electrons. The lowest BCUT2D eigenvalue weighted by molar-refractivity contribution is -0.139. The van der Waals surface area contributed by atoms with Crippen LogP contribution in [0.1, 0.15) is 36.5 Å². The second-order valence-electron chi connectivity index (χ2n) is 5.87. The molecule has 0 fully saturated rings. The van der Waals surface area contributed by atoms with Gasteiger partial charge >= 0.3 is 11.8 Å². The summed E-state index contributed by atoms with van der Waals surface area (Å²) in [6.07, 6.45) is 0.981. The van der Waals surface area contributed by atoms with Crippen molar-refractivity contribution >= 4 is 11.8 Å². The number of nitrogens with one attached hydrogen (secondary N) is 2. The van der Waals surface area contributed by atoms with Gasteiger partial charge in [0, 0.05) is 13.1 Å². The van der Waals surface area contributed by atoms with E-state index < -0.39 is 11.8 Å². The average Bonchev–Trinajstić information content (AvgIpc) is 2.64. The molecule has 0 aliphatic rings. The summed E-state index contributed by atoms with van der Waals surface area (Å²) in [4.78, 5) is 23.7. The lowest BCUT2D eigenvalue weighted by atomic mass is 10.0. The number of benzene rings is 2. The molecule has 2 amide bonds. The number of aryl methyl sites for hydroxylation is 1. The van der Waals surface area contributed by atoms with Crippen molar-refractivity contribution in [2.75, 3.05) is 6.54 Å². The fraction of sp³-hybridized carbons (Fsp3) is 0.300. The molecule has 4 heteroatoms. The Kier molecular flexibility index (Phi) is 6.55. The zero-order valence-electron chi connectivity index (χ0n) is 14.2. The third-order valence-corrected chi connectivity index (χ3v) is 4.03. The number of carbonyl (C=O) groups excluding carboxylic acids is 2. The van der Waals surface area contributed by atoms with Crippen LogP contribution >= 0.6 is 0 Å². The highest BCUT2D eigenvalue weighted by Gasteiger charge is 2.14. The van der Waals surface area contributed by atoms with Crippen molar-refractivity contribution in [1.29, 1.82) is 0 Å². The van der Waals surface area contributed by atoms with Gasteiger partial charge in [0.05, 0.1) is 0 Å². The number of amides is 2. The molecule has 0 unspecified atom stereocenters. The first-order valence-electron chi connectivity index (χ1n) is 8.29. The fourth-order valence-electron chi connectivity index (χ4n) is 2.38. The van der Waals surface area contributed by atoms with Crippen LogP contribution in [0.25, 0.3) is 0 Å². The Hall–Kier alpha value is -2.62. The predicted octanol–water partition coefficient (Wildman–Crippen LogP) is 2.79. The predicted molar refractivity (Wildman–Crippen MR) is 95.5 cm³/mol. The second-order valence-corrected chi connectivity index (χ2v) is 5.87. The van der Waals surface area contributed by atoms with Crippen molar-refractivity contribution < 1.29 is 9.59 Å². The molecule has 0 aliphatic heterocycles. The second kappa shape index (κ2) is 8.87. The van der Waals surface area contributed by atoms with Gasteiger partial charge in [-0.2, -0.15) is 0 Å². The van der Waals surface area contributed by atoms with E-state index in [1.165, 1.54) is 5.56 Å². The molecule has 24 heavy (non-hydrogen) atoms. The van der Waals surface area contributed by atoms with Crippen LogP contribution in [0.4, 0.5) is 0 Å². The zero-order valence-corrected chi connectivity index (χ0v) is 14.2. The Balaban J connectivity index is 1.76. The molecular formula is C20H24N2O2. The Morgan fingerprint density at radius 3 is 2.08 bits per heavy atom. The highest BCUT2D eigenvalue weighted by Crippen LogP contribution is 2.12. The van der Waals surface area contributed by atoms with E-state index in [0.717, 1.165) is 17.5 Å². The number of hydrogen-bond donors (Lipinski definition) is 2. The number of rotatable bonds is 6. The molecule has 0 bridgehead atoms. The summed E-state index contributed by atoms with van der Waals surface area (Å²) in [5.74, 6) is -1.04. The Labute approximate surface area is 143 Å². The summed E-state index contributed by atoms with van der Waals surface area (Å²) in [7, 11) is 0. The first-order chi connectivity index (χ1) is 11.6. The number of hydrogen-bond acceptors (Lipinski definition) is 2. The van der Waals surface area contributed by atoms with E-state index in [4.69, 9.17) is 0 Å². The van der Waals surface area contributed by atoms with E-state index in [9.17, 15) is 9.59 Å². The fourth-order valence-corrected chi connectivity index (χ4v) is 2.38. The van der Waals surface area contributed by atoms with Gasteiger partial charge in [-0.05, 0) is 29.0 Å². The Bertz CT molecular complexity index is 666. The first-order valence-corrected chi connectivity index (χ1v) is 8.29. The van der Waals surface area contributed by atoms with Gasteiger partial charge in [0.1, 0.15) is 0 Å². The highest BCUT2D eigenvalue weighted by atomic mass is 16.2. The molecule has 1 atom stereocenters. The molecule has 0 aromatic heterocycles. The van der Waals surface area contributed by atoms with Gasteiger partial charge in [0.2, 0.25) is 0 Å². The Morgan fingerprint density at radius 1 is 0.875 bits per heavy atom. The summed E-state index contributed by atoms with van der Waals surface area (Å²) in [5, 5.41) is 5.33. The average molecular weight is 324 g/mol. The van der Waals surface area contributed by atoms with Gasteiger partial charge in [-0.1, -0.05) is 68.4 Å². The molecule has 0 saturated heterocycles. The van der Waals surface area contributed by atoms with Crippen LogP contribution in [0.2, 0.25) is 0 Å². The van der Waals surface area contributed by atoms with Crippen LogP contribution in [0, 0.1) is 0 Å². The van der Waals surface area contributed by atoms with Gasteiger partial charge in [0.25, 0.3) is 0 Å². The van der Waals surface area contributed by atoms with Crippen LogP contribution in [-0.2, 0) is 22.6 Å². The van der Waals surface area contributed by atoms with Gasteiger partial charge in [0.15, 0.2) is 0 Å². The Morgan fingerprint density at radius 2 is 1.46 bits per heavy atom. The maximum atomic E-state index is 11.9. The molecule has 2 aromatic carbocycles. The molecule has 0 heterocycles. The molecule has 0 aliphatic carbocycles. The minimum atomic E-state index is -0.602. The van der Waals surface area contributed by atoms with E-state index in [2.05, 4.69) is 17.6 Å². The molecular weight excluding hydrogens is 300 g/mol. The molecule has 126 valence electrons. The minimum Gasteiger partial charge on any atom is -0.347 e. The molecule has 4 nitrogen and oxygen atoms in total. The first kappa shape index (κ1) is 17.7. The van der Waals surface area contributed by atoms with Gasteiger partial charge in [-0.15, -0.1) is 0 Å². The van der Waals surface area contributed by atoms with Crippen molar-refractivity contribution in [2.45, 2.75) is 32.7 Å². The standard InChI is InChI=1S/C20H24N2O2/c1-3-16-9-11-17(12-10-16)14-22-20(24)19(23)21-13-15(2)18-7-5-4-6-8-18/h4-12,15H,3,13-14H2,1-2H3,(H,21,23)(H,22,24)/t15-/m1/s1. The van der Waals surface area contributed by atoms with Crippen LogP contribution in [0.5, 0.6) is 0 Å². The van der Waals surface area contributed by atoms with Crippen LogP contribution in [-0.4, -0.2) is 18.4 Å². The monoisotopic (exact) mass is 324 g/mol. The third kappa shape index (κ3) is 5.23. The maximum absolute atomic E-state index is 11.9.